The third-order valence-electron chi connectivity index (χ3n) is 4.13. The van der Waals surface area contributed by atoms with Gasteiger partial charge in [-0.15, -0.1) is 0 Å². The molecule has 0 amide bonds. The van der Waals surface area contributed by atoms with E-state index in [2.05, 4.69) is 15.6 Å². The lowest BCUT2D eigenvalue weighted by atomic mass is 10.1. The normalized spacial score (nSPS) is 17.6. The summed E-state index contributed by atoms with van der Waals surface area (Å²) in [6.07, 6.45) is 3.52. The summed E-state index contributed by atoms with van der Waals surface area (Å²) in [5, 5.41) is 6.67. The van der Waals surface area contributed by atoms with E-state index in [1.54, 1.807) is 12.3 Å². The van der Waals surface area contributed by atoms with Crippen molar-refractivity contribution < 1.29 is 13.5 Å². The summed E-state index contributed by atoms with van der Waals surface area (Å²) in [6.45, 7) is 3.57. The lowest BCUT2D eigenvalue weighted by Gasteiger charge is -2.15. The molecule has 1 aromatic carbocycles. The van der Waals surface area contributed by atoms with Crippen LogP contribution in [-0.4, -0.2) is 32.3 Å². The van der Waals surface area contributed by atoms with Gasteiger partial charge >= 0.3 is 0 Å². The van der Waals surface area contributed by atoms with Crippen molar-refractivity contribution in [2.24, 2.45) is 10.9 Å². The second kappa shape index (κ2) is 9.22. The molecular formula is C19H24FN3O2. The highest BCUT2D eigenvalue weighted by Gasteiger charge is 2.15. The molecule has 0 aliphatic carbocycles. The van der Waals surface area contributed by atoms with Crippen LogP contribution in [0.1, 0.15) is 17.7 Å². The molecule has 1 aliphatic rings. The Morgan fingerprint density at radius 3 is 2.96 bits per heavy atom. The Labute approximate surface area is 147 Å². The van der Waals surface area contributed by atoms with Crippen LogP contribution in [0.25, 0.3) is 0 Å². The molecule has 5 nitrogen and oxygen atoms in total. The molecule has 0 saturated carbocycles. The number of hydrogen-bond donors (Lipinski definition) is 2. The van der Waals surface area contributed by atoms with E-state index in [-0.39, 0.29) is 5.82 Å². The van der Waals surface area contributed by atoms with Gasteiger partial charge in [0.1, 0.15) is 11.6 Å². The van der Waals surface area contributed by atoms with E-state index in [1.807, 2.05) is 18.2 Å². The maximum atomic E-state index is 13.3. The first-order valence-corrected chi connectivity index (χ1v) is 8.66. The van der Waals surface area contributed by atoms with E-state index in [9.17, 15) is 4.39 Å². The minimum Gasteiger partial charge on any atom is -0.469 e. The number of nitrogens with zero attached hydrogens (tertiary/aromatic N) is 1. The molecule has 1 unspecified atom stereocenters. The number of nitrogens with one attached hydrogen (secondary N) is 2. The molecule has 2 heterocycles. The maximum absolute atomic E-state index is 13.3. The van der Waals surface area contributed by atoms with Crippen LogP contribution in [0.2, 0.25) is 0 Å². The van der Waals surface area contributed by atoms with Crippen molar-refractivity contribution in [3.8, 4) is 0 Å². The monoisotopic (exact) mass is 345 g/mol. The van der Waals surface area contributed by atoms with E-state index in [4.69, 9.17) is 9.15 Å². The van der Waals surface area contributed by atoms with Crippen molar-refractivity contribution in [1.29, 1.82) is 0 Å². The second-order valence-corrected chi connectivity index (χ2v) is 6.16. The summed E-state index contributed by atoms with van der Waals surface area (Å²) in [5.74, 6) is 1.92. The first kappa shape index (κ1) is 17.5. The molecule has 1 saturated heterocycles. The third-order valence-corrected chi connectivity index (χ3v) is 4.13. The third kappa shape index (κ3) is 5.90. The van der Waals surface area contributed by atoms with Gasteiger partial charge in [-0.1, -0.05) is 12.1 Å². The number of furan rings is 1. The fraction of sp³-hybridized carbons (Fsp3) is 0.421. The standard InChI is InChI=1S/C19H24FN3O2/c20-17-4-1-3-15(11-17)12-22-19(23-13-16-7-10-24-14-16)21-8-6-18-5-2-9-25-18/h1-5,9,11,16H,6-8,10,12-14H2,(H2,21,22,23). The van der Waals surface area contributed by atoms with Crippen LogP contribution in [-0.2, 0) is 17.7 Å². The molecule has 2 N–H and O–H groups in total. The number of halogens is 1. The number of benzene rings is 1. The fourth-order valence-electron chi connectivity index (χ4n) is 2.72. The fourth-order valence-corrected chi connectivity index (χ4v) is 2.72. The van der Waals surface area contributed by atoms with Gasteiger partial charge in [-0.25, -0.2) is 9.38 Å². The summed E-state index contributed by atoms with van der Waals surface area (Å²) in [4.78, 5) is 4.57. The first-order chi connectivity index (χ1) is 12.3. The molecule has 3 rings (SSSR count). The van der Waals surface area contributed by atoms with Crippen molar-refractivity contribution >= 4 is 5.96 Å². The highest BCUT2D eigenvalue weighted by molar-refractivity contribution is 5.79. The number of ether oxygens (including phenoxy) is 1. The molecule has 134 valence electrons. The average Bonchev–Trinajstić information content (AvgIpc) is 3.30. The van der Waals surface area contributed by atoms with Gasteiger partial charge in [0.15, 0.2) is 5.96 Å². The Hall–Kier alpha value is -2.34. The van der Waals surface area contributed by atoms with Crippen LogP contribution < -0.4 is 10.6 Å². The van der Waals surface area contributed by atoms with Gasteiger partial charge in [-0.2, -0.15) is 0 Å². The molecule has 1 aromatic heterocycles. The van der Waals surface area contributed by atoms with Gasteiger partial charge in [0, 0.05) is 32.0 Å². The second-order valence-electron chi connectivity index (χ2n) is 6.16. The van der Waals surface area contributed by atoms with Crippen molar-refractivity contribution in [1.82, 2.24) is 10.6 Å². The van der Waals surface area contributed by atoms with Crippen molar-refractivity contribution in [3.05, 3.63) is 59.8 Å². The van der Waals surface area contributed by atoms with E-state index in [0.29, 0.717) is 19.0 Å². The number of rotatable bonds is 7. The largest absolute Gasteiger partial charge is 0.469 e. The van der Waals surface area contributed by atoms with Gasteiger partial charge in [-0.3, -0.25) is 0 Å². The molecule has 1 atom stereocenters. The highest BCUT2D eigenvalue weighted by atomic mass is 19.1. The SMILES string of the molecule is Fc1cccc(CN=C(NCCc2ccco2)NCC2CCOC2)c1. The molecule has 0 spiro atoms. The van der Waals surface area contributed by atoms with E-state index >= 15 is 0 Å². The Morgan fingerprint density at radius 2 is 2.20 bits per heavy atom. The number of guanidine groups is 1. The van der Waals surface area contributed by atoms with Gasteiger partial charge in [0.2, 0.25) is 0 Å². The van der Waals surface area contributed by atoms with Crippen molar-refractivity contribution in [3.63, 3.8) is 0 Å². The van der Waals surface area contributed by atoms with Crippen LogP contribution >= 0.6 is 0 Å². The van der Waals surface area contributed by atoms with Crippen molar-refractivity contribution in [2.45, 2.75) is 19.4 Å². The summed E-state index contributed by atoms with van der Waals surface area (Å²) in [7, 11) is 0. The summed E-state index contributed by atoms with van der Waals surface area (Å²) in [6, 6.07) is 10.4. The van der Waals surface area contributed by atoms with E-state index in [1.165, 1.54) is 12.1 Å². The minimum absolute atomic E-state index is 0.240. The van der Waals surface area contributed by atoms with Crippen LogP contribution in [0.3, 0.4) is 0 Å². The highest BCUT2D eigenvalue weighted by Crippen LogP contribution is 2.10. The molecule has 6 heteroatoms. The molecule has 2 aromatic rings. The predicted octanol–water partition coefficient (Wildman–Crippen LogP) is 2.73. The topological polar surface area (TPSA) is 58.8 Å². The van der Waals surface area contributed by atoms with E-state index in [0.717, 1.165) is 49.9 Å². The van der Waals surface area contributed by atoms with Crippen LogP contribution in [0.15, 0.2) is 52.1 Å². The molecule has 1 aliphatic heterocycles. The summed E-state index contributed by atoms with van der Waals surface area (Å²) < 4.78 is 24.0. The minimum atomic E-state index is -0.240. The van der Waals surface area contributed by atoms with Crippen molar-refractivity contribution in [2.75, 3.05) is 26.3 Å². The maximum Gasteiger partial charge on any atom is 0.191 e. The number of hydrogen-bond acceptors (Lipinski definition) is 3. The summed E-state index contributed by atoms with van der Waals surface area (Å²) in [5.41, 5.74) is 0.844. The zero-order valence-corrected chi connectivity index (χ0v) is 14.2. The zero-order valence-electron chi connectivity index (χ0n) is 14.2. The molecule has 25 heavy (non-hydrogen) atoms. The molecule has 0 bridgehead atoms. The predicted molar refractivity (Wildman–Crippen MR) is 94.9 cm³/mol. The van der Waals surface area contributed by atoms with Gasteiger partial charge in [0.25, 0.3) is 0 Å². The first-order valence-electron chi connectivity index (χ1n) is 8.66. The summed E-state index contributed by atoms with van der Waals surface area (Å²) >= 11 is 0. The molecular weight excluding hydrogens is 321 g/mol. The lowest BCUT2D eigenvalue weighted by molar-refractivity contribution is 0.186. The Morgan fingerprint density at radius 1 is 1.24 bits per heavy atom. The van der Waals surface area contributed by atoms with Gasteiger partial charge in [-0.05, 0) is 36.2 Å². The van der Waals surface area contributed by atoms with Crippen LogP contribution in [0, 0.1) is 11.7 Å². The molecule has 0 radical (unpaired) electrons. The Balaban J connectivity index is 1.54. The Kier molecular flexibility index (Phi) is 6.45. The molecule has 1 fully saturated rings. The Bertz CT molecular complexity index is 667. The average molecular weight is 345 g/mol. The zero-order chi connectivity index (χ0) is 17.3. The van der Waals surface area contributed by atoms with Crippen LogP contribution in [0.4, 0.5) is 4.39 Å². The lowest BCUT2D eigenvalue weighted by Crippen LogP contribution is -2.40. The van der Waals surface area contributed by atoms with Gasteiger partial charge in [0.05, 0.1) is 19.4 Å². The quantitative estimate of drug-likeness (QED) is 0.598. The number of aliphatic imine (C=N–C) groups is 1. The van der Waals surface area contributed by atoms with Gasteiger partial charge < -0.3 is 19.8 Å². The smallest absolute Gasteiger partial charge is 0.191 e. The van der Waals surface area contributed by atoms with E-state index < -0.39 is 0 Å². The van der Waals surface area contributed by atoms with Crippen LogP contribution in [0.5, 0.6) is 0 Å².